The molecular formula is C13H20ClN2OP2S+. The minimum absolute atomic E-state index is 0.269. The van der Waals surface area contributed by atoms with Gasteiger partial charge in [-0.1, -0.05) is 24.8 Å². The monoisotopic (exact) mass is 349 g/mol. The zero-order valence-corrected chi connectivity index (χ0v) is 15.4. The topological polar surface area (TPSA) is 24.8 Å². The van der Waals surface area contributed by atoms with Crippen molar-refractivity contribution in [2.24, 2.45) is 11.0 Å². The van der Waals surface area contributed by atoms with Crippen molar-refractivity contribution in [1.29, 1.82) is 0 Å². The average Bonchev–Trinajstić information content (AvgIpc) is 2.45. The molecule has 3 atom stereocenters. The van der Waals surface area contributed by atoms with E-state index in [2.05, 4.69) is 30.5 Å². The Morgan fingerprint density at radius 1 is 1.80 bits per heavy atom. The summed E-state index contributed by atoms with van der Waals surface area (Å²) in [7, 11) is 1.72. The van der Waals surface area contributed by atoms with Gasteiger partial charge in [0.25, 0.3) is 0 Å². The molecule has 7 heteroatoms. The van der Waals surface area contributed by atoms with Gasteiger partial charge < -0.3 is 4.74 Å². The first-order valence-corrected chi connectivity index (χ1v) is 10.7. The van der Waals surface area contributed by atoms with E-state index in [-0.39, 0.29) is 11.3 Å². The van der Waals surface area contributed by atoms with Crippen LogP contribution in [0.5, 0.6) is 0 Å². The average molecular weight is 350 g/mol. The molecule has 3 unspecified atom stereocenters. The smallest absolute Gasteiger partial charge is 0.339 e. The van der Waals surface area contributed by atoms with Gasteiger partial charge in [0.15, 0.2) is 16.6 Å². The fourth-order valence-corrected chi connectivity index (χ4v) is 2.51. The summed E-state index contributed by atoms with van der Waals surface area (Å²) < 4.78 is 7.65. The van der Waals surface area contributed by atoms with Gasteiger partial charge in [0.2, 0.25) is 0 Å². The standard InChI is InChI=1S/C13H20ClN2OP2S/c1-5-13(2,18-20)17-12-8-6-11(7-9-12)10-15-16(3)19(4)14/h6,8-11H,4-5,7H2,1-3H3/q+1/b15-10+. The van der Waals surface area contributed by atoms with Gasteiger partial charge in [0.05, 0.1) is 7.05 Å². The Hall–Kier alpha value is -0.270. The first-order valence-electron chi connectivity index (χ1n) is 6.36. The van der Waals surface area contributed by atoms with Gasteiger partial charge in [-0.2, -0.15) is 0 Å². The van der Waals surface area contributed by atoms with Crippen molar-refractivity contribution in [3.63, 3.8) is 0 Å². The fraction of sp³-hybridized carbons (Fsp3) is 0.538. The van der Waals surface area contributed by atoms with Crippen molar-refractivity contribution < 1.29 is 4.74 Å². The minimum atomic E-state index is -0.940. The predicted octanol–water partition coefficient (Wildman–Crippen LogP) is 4.90. The van der Waals surface area contributed by atoms with E-state index in [1.54, 1.807) is 4.78 Å². The number of nitrogens with zero attached hydrogens (tertiary/aromatic N) is 2. The summed E-state index contributed by atoms with van der Waals surface area (Å²) >= 11 is 11.0. The van der Waals surface area contributed by atoms with Gasteiger partial charge in [0, 0.05) is 19.5 Å². The van der Waals surface area contributed by atoms with E-state index in [1.807, 2.05) is 26.3 Å². The van der Waals surface area contributed by atoms with Gasteiger partial charge in [-0.3, -0.25) is 0 Å². The van der Waals surface area contributed by atoms with E-state index in [1.165, 1.54) is 0 Å². The first-order chi connectivity index (χ1) is 9.40. The zero-order valence-electron chi connectivity index (χ0n) is 12.0. The minimum Gasteiger partial charge on any atom is -0.478 e. The summed E-state index contributed by atoms with van der Waals surface area (Å²) in [5.41, 5.74) is 0. The van der Waals surface area contributed by atoms with Crippen LogP contribution in [0.15, 0.2) is 29.1 Å². The van der Waals surface area contributed by atoms with E-state index in [9.17, 15) is 0 Å². The Morgan fingerprint density at radius 2 is 2.50 bits per heavy atom. The van der Waals surface area contributed by atoms with Crippen molar-refractivity contribution >= 4 is 50.0 Å². The second kappa shape index (κ2) is 8.24. The Balaban J connectivity index is 2.56. The van der Waals surface area contributed by atoms with Crippen molar-refractivity contribution in [1.82, 2.24) is 4.78 Å². The molecule has 0 aromatic carbocycles. The maximum atomic E-state index is 5.96. The molecule has 0 aromatic heterocycles. The lowest BCUT2D eigenvalue weighted by atomic mass is 10.0. The van der Waals surface area contributed by atoms with E-state index in [0.29, 0.717) is 0 Å². The molecule has 0 spiro atoms. The normalized spacial score (nSPS) is 22.5. The summed E-state index contributed by atoms with van der Waals surface area (Å²) in [5, 5.41) is 4.00. The highest BCUT2D eigenvalue weighted by Gasteiger charge is 2.23. The molecule has 1 rings (SSSR count). The maximum absolute atomic E-state index is 5.96. The molecular weight excluding hydrogens is 330 g/mol. The lowest BCUT2D eigenvalue weighted by Gasteiger charge is -2.26. The number of hydrazone groups is 1. The van der Waals surface area contributed by atoms with Gasteiger partial charge in [0.1, 0.15) is 12.1 Å². The number of rotatable bonds is 7. The van der Waals surface area contributed by atoms with Crippen LogP contribution < -0.4 is 0 Å². The SMILES string of the molecule is C=[P+](Cl)N(C)/N=C/C1C=CC(OC(C)(CC)P=S)=CC1. The van der Waals surface area contributed by atoms with Crippen LogP contribution in [-0.4, -0.2) is 29.7 Å². The Kier molecular flexibility index (Phi) is 7.33. The quantitative estimate of drug-likeness (QED) is 0.371. The zero-order chi connectivity index (χ0) is 15.2. The van der Waals surface area contributed by atoms with E-state index >= 15 is 0 Å². The van der Waals surface area contributed by atoms with Gasteiger partial charge in [-0.25, -0.2) is 0 Å². The second-order valence-corrected chi connectivity index (χ2v) is 8.78. The molecule has 0 radical (unpaired) electrons. The molecule has 0 N–H and O–H groups in total. The number of ether oxygens (including phenoxy) is 1. The molecule has 0 saturated carbocycles. The molecule has 20 heavy (non-hydrogen) atoms. The van der Waals surface area contributed by atoms with Crippen LogP contribution in [0.4, 0.5) is 0 Å². The number of hydrogen-bond donors (Lipinski definition) is 0. The van der Waals surface area contributed by atoms with E-state index in [0.717, 1.165) is 26.0 Å². The van der Waals surface area contributed by atoms with Crippen LogP contribution in [0.2, 0.25) is 0 Å². The maximum Gasteiger partial charge on any atom is 0.339 e. The third-order valence-corrected chi connectivity index (χ3v) is 6.37. The molecule has 1 aliphatic rings. The highest BCUT2D eigenvalue weighted by atomic mass is 35.7. The lowest BCUT2D eigenvalue weighted by molar-refractivity contribution is 0.103. The van der Waals surface area contributed by atoms with E-state index in [4.69, 9.17) is 27.8 Å². The second-order valence-electron chi connectivity index (χ2n) is 4.68. The molecule has 3 nitrogen and oxygen atoms in total. The summed E-state index contributed by atoms with van der Waals surface area (Å²) in [6.45, 7) is 4.12. The molecule has 0 fully saturated rings. The summed E-state index contributed by atoms with van der Waals surface area (Å²) in [4.78, 5) is 0. The van der Waals surface area contributed by atoms with Crippen LogP contribution in [0.1, 0.15) is 26.7 Å². The Morgan fingerprint density at radius 3 is 2.95 bits per heavy atom. The van der Waals surface area contributed by atoms with Gasteiger partial charge in [-0.15, -0.1) is 9.88 Å². The lowest BCUT2D eigenvalue weighted by Crippen LogP contribution is -2.20. The fourth-order valence-electron chi connectivity index (χ4n) is 1.45. The Labute approximate surface area is 133 Å². The molecule has 110 valence electrons. The summed E-state index contributed by atoms with van der Waals surface area (Å²) in [5.74, 6) is 1.16. The molecule has 1 aliphatic carbocycles. The van der Waals surface area contributed by atoms with Gasteiger partial charge in [-0.05, 0) is 31.9 Å². The van der Waals surface area contributed by atoms with Crippen molar-refractivity contribution in [2.75, 3.05) is 7.05 Å². The number of halogens is 1. The van der Waals surface area contributed by atoms with Gasteiger partial charge >= 0.3 is 7.05 Å². The first kappa shape index (κ1) is 17.8. The van der Waals surface area contributed by atoms with Crippen LogP contribution in [-0.2, 0) is 16.5 Å². The third kappa shape index (κ3) is 5.61. The van der Waals surface area contributed by atoms with E-state index < -0.39 is 7.05 Å². The highest BCUT2D eigenvalue weighted by molar-refractivity contribution is 7.97. The molecule has 0 amide bonds. The van der Waals surface area contributed by atoms with Crippen molar-refractivity contribution in [2.45, 2.75) is 32.0 Å². The van der Waals surface area contributed by atoms with Crippen molar-refractivity contribution in [3.8, 4) is 0 Å². The molecule has 0 aliphatic heterocycles. The summed E-state index contributed by atoms with van der Waals surface area (Å²) in [6, 6.07) is 0. The largest absolute Gasteiger partial charge is 0.478 e. The Bertz CT molecular complexity index is 467. The number of hydrogen-bond acceptors (Lipinski definition) is 4. The van der Waals surface area contributed by atoms with Crippen LogP contribution in [0.25, 0.3) is 0 Å². The summed E-state index contributed by atoms with van der Waals surface area (Å²) in [6.07, 6.45) is 13.6. The predicted molar refractivity (Wildman–Crippen MR) is 95.5 cm³/mol. The molecule has 0 aromatic rings. The molecule has 0 heterocycles. The highest BCUT2D eigenvalue weighted by Crippen LogP contribution is 2.33. The van der Waals surface area contributed by atoms with Crippen LogP contribution >= 0.6 is 25.6 Å². The number of allylic oxidation sites excluding steroid dienone is 3. The molecule has 0 saturated heterocycles. The third-order valence-electron chi connectivity index (χ3n) is 3.03. The van der Waals surface area contributed by atoms with Crippen LogP contribution in [0, 0.1) is 5.92 Å². The van der Waals surface area contributed by atoms with Crippen molar-refractivity contribution in [3.05, 3.63) is 24.0 Å². The molecule has 0 bridgehead atoms. The van der Waals surface area contributed by atoms with Crippen LogP contribution in [0.3, 0.4) is 0 Å².